The number of rotatable bonds is 5. The van der Waals surface area contributed by atoms with Crippen molar-refractivity contribution in [1.82, 2.24) is 5.32 Å². The summed E-state index contributed by atoms with van der Waals surface area (Å²) in [6, 6.07) is 2.75. The lowest BCUT2D eigenvalue weighted by atomic mass is 9.80. The van der Waals surface area contributed by atoms with Crippen LogP contribution in [0.15, 0.2) is 18.2 Å². The highest BCUT2D eigenvalue weighted by Crippen LogP contribution is 2.34. The van der Waals surface area contributed by atoms with Crippen molar-refractivity contribution in [1.29, 1.82) is 0 Å². The zero-order valence-electron chi connectivity index (χ0n) is 11.6. The van der Waals surface area contributed by atoms with Gasteiger partial charge in [-0.15, -0.1) is 0 Å². The molecule has 0 unspecified atom stereocenters. The summed E-state index contributed by atoms with van der Waals surface area (Å²) in [5.74, 6) is -2.02. The number of carboxylic acids is 1. The Morgan fingerprint density at radius 3 is 2.62 bits per heavy atom. The Balaban J connectivity index is 1.92. The second-order valence-corrected chi connectivity index (χ2v) is 5.05. The van der Waals surface area contributed by atoms with E-state index in [9.17, 15) is 14.0 Å². The van der Waals surface area contributed by atoms with Gasteiger partial charge < -0.3 is 20.5 Å². The van der Waals surface area contributed by atoms with Gasteiger partial charge in [0.05, 0.1) is 16.9 Å². The van der Waals surface area contributed by atoms with Crippen LogP contribution in [0.3, 0.4) is 0 Å². The number of benzene rings is 1. The number of amides is 2. The summed E-state index contributed by atoms with van der Waals surface area (Å²) in [6.07, 6.45) is 2.82. The summed E-state index contributed by atoms with van der Waals surface area (Å²) in [5.41, 5.74) is -0.563. The normalized spacial score (nSPS) is 15.9. The molecule has 3 N–H and O–H groups in total. The maximum atomic E-state index is 13.7. The van der Waals surface area contributed by atoms with Crippen molar-refractivity contribution >= 4 is 17.7 Å². The molecular formula is C14H17FN2O4. The second-order valence-electron chi connectivity index (χ2n) is 5.05. The van der Waals surface area contributed by atoms with Crippen LogP contribution in [-0.2, 0) is 4.74 Å². The largest absolute Gasteiger partial charge is 0.478 e. The number of urea groups is 1. The molecular weight excluding hydrogens is 279 g/mol. The lowest BCUT2D eigenvalue weighted by Gasteiger charge is -2.40. The first kappa shape index (κ1) is 15.2. The maximum absolute atomic E-state index is 13.7. The predicted octanol–water partition coefficient (Wildman–Crippen LogP) is 2.21. The van der Waals surface area contributed by atoms with Crippen molar-refractivity contribution in [3.63, 3.8) is 0 Å². The summed E-state index contributed by atoms with van der Waals surface area (Å²) in [6.45, 7) is 0.351. The Hall–Kier alpha value is -2.15. The zero-order valence-corrected chi connectivity index (χ0v) is 11.6. The number of carboxylic acid groups (broad SMARTS) is 1. The van der Waals surface area contributed by atoms with E-state index >= 15 is 0 Å². The molecule has 114 valence electrons. The number of methoxy groups -OCH3 is 1. The minimum absolute atomic E-state index is 0.0717. The fourth-order valence-electron chi connectivity index (χ4n) is 2.18. The van der Waals surface area contributed by atoms with Crippen LogP contribution in [0.4, 0.5) is 14.9 Å². The molecule has 0 bridgehead atoms. The first-order chi connectivity index (χ1) is 9.96. The monoisotopic (exact) mass is 296 g/mol. The van der Waals surface area contributed by atoms with Gasteiger partial charge in [0.15, 0.2) is 0 Å². The van der Waals surface area contributed by atoms with Crippen LogP contribution in [0.5, 0.6) is 0 Å². The van der Waals surface area contributed by atoms with E-state index in [-0.39, 0.29) is 16.9 Å². The van der Waals surface area contributed by atoms with Gasteiger partial charge in [0.25, 0.3) is 0 Å². The standard InChI is InChI=1S/C14H17FN2O4/c1-21-14(5-2-6-14)8-16-13(20)17-11-4-3-9(12(18)19)7-10(11)15/h3-4,7H,2,5-6,8H2,1H3,(H,18,19)(H2,16,17,20). The van der Waals surface area contributed by atoms with Crippen LogP contribution in [0.25, 0.3) is 0 Å². The highest BCUT2D eigenvalue weighted by atomic mass is 19.1. The average molecular weight is 296 g/mol. The molecule has 0 heterocycles. The molecule has 6 nitrogen and oxygen atoms in total. The summed E-state index contributed by atoms with van der Waals surface area (Å²) in [7, 11) is 1.60. The van der Waals surface area contributed by atoms with Gasteiger partial charge in [0.2, 0.25) is 0 Å². The molecule has 1 aliphatic rings. The van der Waals surface area contributed by atoms with Crippen molar-refractivity contribution in [2.45, 2.75) is 24.9 Å². The number of anilines is 1. The quantitative estimate of drug-likeness (QED) is 0.777. The van der Waals surface area contributed by atoms with Crippen LogP contribution in [-0.4, -0.2) is 36.4 Å². The van der Waals surface area contributed by atoms with Gasteiger partial charge in [-0.3, -0.25) is 0 Å². The van der Waals surface area contributed by atoms with E-state index < -0.39 is 17.8 Å². The van der Waals surface area contributed by atoms with Gasteiger partial charge in [-0.2, -0.15) is 0 Å². The van der Waals surface area contributed by atoms with Crippen LogP contribution in [0.2, 0.25) is 0 Å². The van der Waals surface area contributed by atoms with Gasteiger partial charge in [0, 0.05) is 13.7 Å². The number of hydrogen-bond donors (Lipinski definition) is 3. The molecule has 1 saturated carbocycles. The smallest absolute Gasteiger partial charge is 0.335 e. The van der Waals surface area contributed by atoms with E-state index in [2.05, 4.69) is 10.6 Å². The summed E-state index contributed by atoms with van der Waals surface area (Å²) < 4.78 is 19.0. The zero-order chi connectivity index (χ0) is 15.5. The van der Waals surface area contributed by atoms with Crippen LogP contribution in [0, 0.1) is 5.82 Å². The van der Waals surface area contributed by atoms with Gasteiger partial charge in [-0.1, -0.05) is 0 Å². The molecule has 2 rings (SSSR count). The third-order valence-corrected chi connectivity index (χ3v) is 3.73. The minimum Gasteiger partial charge on any atom is -0.478 e. The molecule has 0 radical (unpaired) electrons. The van der Waals surface area contributed by atoms with E-state index in [1.807, 2.05) is 0 Å². The number of aromatic carboxylic acids is 1. The number of hydrogen-bond acceptors (Lipinski definition) is 3. The lowest BCUT2D eigenvalue weighted by molar-refractivity contribution is -0.0671. The molecule has 0 aromatic heterocycles. The first-order valence-corrected chi connectivity index (χ1v) is 6.59. The maximum Gasteiger partial charge on any atom is 0.335 e. The highest BCUT2D eigenvalue weighted by Gasteiger charge is 2.37. The summed E-state index contributed by atoms with van der Waals surface area (Å²) >= 11 is 0. The van der Waals surface area contributed by atoms with Crippen molar-refractivity contribution in [2.75, 3.05) is 19.0 Å². The van der Waals surface area contributed by atoms with E-state index in [4.69, 9.17) is 9.84 Å². The van der Waals surface area contributed by atoms with Gasteiger partial charge in [0.1, 0.15) is 5.82 Å². The molecule has 21 heavy (non-hydrogen) atoms. The van der Waals surface area contributed by atoms with Crippen LogP contribution < -0.4 is 10.6 Å². The molecule has 0 atom stereocenters. The number of carbonyl (C=O) groups excluding carboxylic acids is 1. The van der Waals surface area contributed by atoms with E-state index in [1.54, 1.807) is 7.11 Å². The van der Waals surface area contributed by atoms with Crippen molar-refractivity contribution in [2.24, 2.45) is 0 Å². The molecule has 0 aliphatic heterocycles. The number of ether oxygens (including phenoxy) is 1. The average Bonchev–Trinajstić information content (AvgIpc) is 2.40. The van der Waals surface area contributed by atoms with Crippen molar-refractivity contribution in [3.05, 3.63) is 29.6 Å². The Bertz CT molecular complexity index is 552. The Labute approximate surface area is 121 Å². The molecule has 1 fully saturated rings. The van der Waals surface area contributed by atoms with E-state index in [0.717, 1.165) is 25.3 Å². The Kier molecular flexibility index (Phi) is 4.42. The van der Waals surface area contributed by atoms with Gasteiger partial charge >= 0.3 is 12.0 Å². The molecule has 0 spiro atoms. The molecule has 7 heteroatoms. The molecule has 2 amide bonds. The third kappa shape index (κ3) is 3.49. The van der Waals surface area contributed by atoms with Gasteiger partial charge in [-0.05, 0) is 37.5 Å². The highest BCUT2D eigenvalue weighted by molar-refractivity contribution is 5.91. The predicted molar refractivity (Wildman–Crippen MR) is 74.0 cm³/mol. The lowest BCUT2D eigenvalue weighted by Crippen LogP contribution is -2.50. The molecule has 1 aromatic carbocycles. The molecule has 1 aliphatic carbocycles. The fraction of sp³-hybridized carbons (Fsp3) is 0.429. The van der Waals surface area contributed by atoms with Crippen molar-refractivity contribution in [3.8, 4) is 0 Å². The SMILES string of the molecule is COC1(CNC(=O)Nc2ccc(C(=O)O)cc2F)CCC1. The number of halogens is 1. The van der Waals surface area contributed by atoms with E-state index in [0.29, 0.717) is 6.54 Å². The van der Waals surface area contributed by atoms with Gasteiger partial charge in [-0.25, -0.2) is 14.0 Å². The van der Waals surface area contributed by atoms with E-state index in [1.165, 1.54) is 12.1 Å². The second kappa shape index (κ2) is 6.09. The molecule has 0 saturated heterocycles. The Morgan fingerprint density at radius 1 is 1.43 bits per heavy atom. The van der Waals surface area contributed by atoms with Crippen LogP contribution >= 0.6 is 0 Å². The number of carbonyl (C=O) groups is 2. The first-order valence-electron chi connectivity index (χ1n) is 6.59. The van der Waals surface area contributed by atoms with Crippen LogP contribution in [0.1, 0.15) is 29.6 Å². The summed E-state index contributed by atoms with van der Waals surface area (Å²) in [4.78, 5) is 22.4. The minimum atomic E-state index is -1.23. The topological polar surface area (TPSA) is 87.7 Å². The fourth-order valence-corrected chi connectivity index (χ4v) is 2.18. The molecule has 1 aromatic rings. The Morgan fingerprint density at radius 2 is 2.14 bits per heavy atom. The third-order valence-electron chi connectivity index (χ3n) is 3.73. The summed E-state index contributed by atoms with van der Waals surface area (Å²) in [5, 5.41) is 13.7. The number of nitrogens with one attached hydrogen (secondary N) is 2. The van der Waals surface area contributed by atoms with Crippen molar-refractivity contribution < 1.29 is 23.8 Å².